The van der Waals surface area contributed by atoms with Gasteiger partial charge in [0.1, 0.15) is 23.5 Å². The molecule has 0 saturated heterocycles. The Bertz CT molecular complexity index is 840. The van der Waals surface area contributed by atoms with E-state index in [2.05, 4.69) is 18.5 Å². The van der Waals surface area contributed by atoms with Gasteiger partial charge in [-0.2, -0.15) is 0 Å². The van der Waals surface area contributed by atoms with E-state index in [1.807, 2.05) is 19.9 Å². The number of carbonyl (C=O) groups excluding carboxylic acids is 2. The molecule has 1 aliphatic heterocycles. The lowest BCUT2D eigenvalue weighted by atomic mass is 10.1. The highest BCUT2D eigenvalue weighted by molar-refractivity contribution is 6.12. The lowest BCUT2D eigenvalue weighted by Gasteiger charge is -2.22. The number of phenols is 2. The van der Waals surface area contributed by atoms with Crippen molar-refractivity contribution in [3.05, 3.63) is 60.4 Å². The zero-order valence-corrected chi connectivity index (χ0v) is 16.8. The molecule has 30 heavy (non-hydrogen) atoms. The number of hydrogen-bond donors (Lipinski definition) is 4. The molecule has 1 amide bonds. The fraction of sp³-hybridized carbons (Fsp3) is 0.304. The molecule has 0 unspecified atom stereocenters. The van der Waals surface area contributed by atoms with Crippen LogP contribution in [0.5, 0.6) is 11.5 Å². The number of nitrogens with zero attached hydrogens (tertiary/aromatic N) is 1. The van der Waals surface area contributed by atoms with Crippen molar-refractivity contribution in [2.75, 3.05) is 23.4 Å². The maximum atomic E-state index is 12.6. The van der Waals surface area contributed by atoms with Crippen molar-refractivity contribution in [1.29, 1.82) is 0 Å². The Labute approximate surface area is 178 Å². The van der Waals surface area contributed by atoms with Crippen LogP contribution in [-0.4, -0.2) is 40.7 Å². The van der Waals surface area contributed by atoms with Crippen molar-refractivity contribution >= 4 is 23.6 Å². The molecular formula is C23H32N2O5. The maximum absolute atomic E-state index is 12.6. The van der Waals surface area contributed by atoms with Gasteiger partial charge in [0.15, 0.2) is 0 Å². The molecule has 0 radical (unpaired) electrons. The predicted octanol–water partition coefficient (Wildman–Crippen LogP) is 4.04. The van der Waals surface area contributed by atoms with Crippen LogP contribution in [0.3, 0.4) is 0 Å². The van der Waals surface area contributed by atoms with Gasteiger partial charge in [0.05, 0.1) is 17.9 Å². The number of aromatic hydroxyl groups is 2. The quantitative estimate of drug-likeness (QED) is 0.183. The minimum atomic E-state index is -0.379. The Balaban J connectivity index is 0.00000125. The number of anilines is 2. The molecule has 0 bridgehead atoms. The normalized spacial score (nSPS) is 13.6. The van der Waals surface area contributed by atoms with E-state index in [0.717, 1.165) is 11.9 Å². The van der Waals surface area contributed by atoms with Crippen LogP contribution in [0.2, 0.25) is 0 Å². The highest BCUT2D eigenvalue weighted by Crippen LogP contribution is 2.42. The van der Waals surface area contributed by atoms with E-state index in [-0.39, 0.29) is 54.9 Å². The van der Waals surface area contributed by atoms with Crippen molar-refractivity contribution in [3.8, 4) is 11.5 Å². The molecule has 0 fully saturated rings. The molecule has 1 heterocycles. The smallest absolute Gasteiger partial charge is 0.260 e. The van der Waals surface area contributed by atoms with E-state index < -0.39 is 0 Å². The number of rotatable bonds is 6. The standard InChI is InChI=1S/C18H20N2O4.C4H8O.CH4/c1-11(5-4-8-21)6-7-20-15-9-14(22)10-16(23)17(15)19-13(3)12(2)18(20)24;1-2-3-4-5;/h6,8-10,19,22-23H,2-5,7H2,1H3;2-3,5H,4H2,1H3;1H4/b11-6+;3-2-;. The Kier molecular flexibility index (Phi) is 11.6. The molecule has 0 spiro atoms. The van der Waals surface area contributed by atoms with E-state index in [9.17, 15) is 19.8 Å². The Hall–Kier alpha value is -3.32. The van der Waals surface area contributed by atoms with Gasteiger partial charge < -0.3 is 30.3 Å². The monoisotopic (exact) mass is 416 g/mol. The predicted molar refractivity (Wildman–Crippen MR) is 122 cm³/mol. The molecule has 0 aromatic heterocycles. The number of amides is 1. The zero-order chi connectivity index (χ0) is 22.0. The largest absolute Gasteiger partial charge is 0.508 e. The molecule has 0 saturated carbocycles. The van der Waals surface area contributed by atoms with Crippen molar-refractivity contribution < 1.29 is 24.9 Å². The average Bonchev–Trinajstić information content (AvgIpc) is 2.76. The van der Waals surface area contributed by atoms with Crippen LogP contribution in [0.1, 0.15) is 34.1 Å². The third kappa shape index (κ3) is 7.25. The van der Waals surface area contributed by atoms with E-state index in [1.165, 1.54) is 17.0 Å². The summed E-state index contributed by atoms with van der Waals surface area (Å²) in [6, 6.07) is 2.57. The molecule has 4 N–H and O–H groups in total. The van der Waals surface area contributed by atoms with Crippen LogP contribution >= 0.6 is 0 Å². The van der Waals surface area contributed by atoms with Gasteiger partial charge in [0, 0.05) is 30.8 Å². The summed E-state index contributed by atoms with van der Waals surface area (Å²) in [6.07, 6.45) is 7.18. The first kappa shape index (κ1) is 26.7. The van der Waals surface area contributed by atoms with Crippen LogP contribution in [0, 0.1) is 0 Å². The SMILES string of the molecule is C.C/C=C\CO.C=C1Nc2c(O)cc(O)cc2N(C/C=C(\C)CCC=O)C(=O)C1=C. The fourth-order valence-electron chi connectivity index (χ4n) is 2.49. The van der Waals surface area contributed by atoms with Gasteiger partial charge in [-0.3, -0.25) is 4.79 Å². The lowest BCUT2D eigenvalue weighted by molar-refractivity contribution is -0.114. The number of carbonyl (C=O) groups is 2. The molecule has 0 atom stereocenters. The number of aliphatic hydroxyl groups excluding tert-OH is 1. The molecule has 7 nitrogen and oxygen atoms in total. The first-order valence-corrected chi connectivity index (χ1v) is 9.11. The van der Waals surface area contributed by atoms with Crippen molar-refractivity contribution in [3.63, 3.8) is 0 Å². The van der Waals surface area contributed by atoms with Crippen molar-refractivity contribution in [2.24, 2.45) is 0 Å². The summed E-state index contributed by atoms with van der Waals surface area (Å²) in [4.78, 5) is 24.5. The van der Waals surface area contributed by atoms with Gasteiger partial charge in [-0.1, -0.05) is 44.4 Å². The summed E-state index contributed by atoms with van der Waals surface area (Å²) in [5.41, 5.74) is 2.03. The van der Waals surface area contributed by atoms with E-state index in [0.29, 0.717) is 18.5 Å². The average molecular weight is 417 g/mol. The first-order chi connectivity index (χ1) is 13.8. The summed E-state index contributed by atoms with van der Waals surface area (Å²) in [5, 5.41) is 30.7. The first-order valence-electron chi connectivity index (χ1n) is 9.11. The summed E-state index contributed by atoms with van der Waals surface area (Å²) >= 11 is 0. The number of aliphatic hydroxyl groups is 1. The number of fused-ring (bicyclic) bond motifs is 1. The number of benzene rings is 1. The number of phenolic OH excluding ortho intramolecular Hbond substituents is 2. The maximum Gasteiger partial charge on any atom is 0.260 e. The van der Waals surface area contributed by atoms with Gasteiger partial charge in [0.25, 0.3) is 5.91 Å². The molecule has 0 aliphatic carbocycles. The second kappa shape index (κ2) is 13.0. The summed E-state index contributed by atoms with van der Waals surface area (Å²) in [6.45, 7) is 11.6. The Morgan fingerprint density at radius 1 is 1.27 bits per heavy atom. The number of nitrogens with one attached hydrogen (secondary N) is 1. The van der Waals surface area contributed by atoms with E-state index >= 15 is 0 Å². The Morgan fingerprint density at radius 3 is 2.47 bits per heavy atom. The van der Waals surface area contributed by atoms with Crippen LogP contribution in [0.4, 0.5) is 11.4 Å². The topological polar surface area (TPSA) is 110 Å². The third-order valence-corrected chi connectivity index (χ3v) is 4.14. The van der Waals surface area contributed by atoms with Crippen LogP contribution in [0.25, 0.3) is 0 Å². The summed E-state index contributed by atoms with van der Waals surface area (Å²) < 4.78 is 0. The van der Waals surface area contributed by atoms with Crippen LogP contribution in [0.15, 0.2) is 60.4 Å². The molecular weight excluding hydrogens is 384 g/mol. The van der Waals surface area contributed by atoms with Crippen LogP contribution < -0.4 is 10.2 Å². The Morgan fingerprint density at radius 2 is 1.93 bits per heavy atom. The van der Waals surface area contributed by atoms with Gasteiger partial charge >= 0.3 is 0 Å². The summed E-state index contributed by atoms with van der Waals surface area (Å²) in [7, 11) is 0. The van der Waals surface area contributed by atoms with Gasteiger partial charge in [0.2, 0.25) is 0 Å². The highest BCUT2D eigenvalue weighted by Gasteiger charge is 2.28. The van der Waals surface area contributed by atoms with E-state index in [4.69, 9.17) is 5.11 Å². The number of hydrogen-bond acceptors (Lipinski definition) is 6. The number of allylic oxidation sites excluding steroid dienone is 2. The molecule has 1 aromatic carbocycles. The summed E-state index contributed by atoms with van der Waals surface area (Å²) in [5.74, 6) is -0.735. The van der Waals surface area contributed by atoms with Crippen molar-refractivity contribution in [2.45, 2.75) is 34.1 Å². The molecule has 7 heteroatoms. The van der Waals surface area contributed by atoms with Gasteiger partial charge in [-0.25, -0.2) is 0 Å². The lowest BCUT2D eigenvalue weighted by Crippen LogP contribution is -2.31. The third-order valence-electron chi connectivity index (χ3n) is 4.14. The molecule has 164 valence electrons. The van der Waals surface area contributed by atoms with Gasteiger partial charge in [-0.15, -0.1) is 0 Å². The second-order valence-electron chi connectivity index (χ2n) is 6.36. The number of aldehydes is 1. The van der Waals surface area contributed by atoms with Gasteiger partial charge in [-0.05, 0) is 20.3 Å². The molecule has 1 aliphatic rings. The molecule has 1 aromatic rings. The minimum absolute atomic E-state index is 0. The second-order valence-corrected chi connectivity index (χ2v) is 6.36. The minimum Gasteiger partial charge on any atom is -0.508 e. The zero-order valence-electron chi connectivity index (χ0n) is 16.8. The highest BCUT2D eigenvalue weighted by atomic mass is 16.3. The molecule has 2 rings (SSSR count). The van der Waals surface area contributed by atoms with E-state index in [1.54, 1.807) is 12.2 Å². The van der Waals surface area contributed by atoms with Crippen LogP contribution in [-0.2, 0) is 9.59 Å². The fourth-order valence-corrected chi connectivity index (χ4v) is 2.49. The van der Waals surface area contributed by atoms with Crippen molar-refractivity contribution in [1.82, 2.24) is 0 Å².